The van der Waals surface area contributed by atoms with Crippen molar-refractivity contribution >= 4 is 17.2 Å². The summed E-state index contributed by atoms with van der Waals surface area (Å²) >= 11 is 1.54. The number of amides is 1. The van der Waals surface area contributed by atoms with Crippen LogP contribution in [0.4, 0.5) is 0 Å². The Morgan fingerprint density at radius 3 is 2.83 bits per heavy atom. The Balaban J connectivity index is 1.34. The fourth-order valence-corrected chi connectivity index (χ4v) is 4.83. The molecule has 3 heterocycles. The van der Waals surface area contributed by atoms with Gasteiger partial charge in [-0.15, -0.1) is 11.3 Å². The molecule has 4 rings (SSSR count). The average molecular weight is 349 g/mol. The molecule has 2 aliphatic heterocycles. The molecule has 24 heavy (non-hydrogen) atoms. The molecule has 1 atom stereocenters. The molecule has 1 saturated carbocycles. The summed E-state index contributed by atoms with van der Waals surface area (Å²) in [5, 5.41) is 1.98. The van der Waals surface area contributed by atoms with Crippen LogP contribution in [0.3, 0.4) is 0 Å². The fourth-order valence-electron chi connectivity index (χ4n) is 4.14. The van der Waals surface area contributed by atoms with Crippen molar-refractivity contribution in [2.45, 2.75) is 32.1 Å². The van der Waals surface area contributed by atoms with Crippen molar-refractivity contribution in [3.05, 3.63) is 22.4 Å². The van der Waals surface area contributed by atoms with Gasteiger partial charge < -0.3 is 14.4 Å². The first-order chi connectivity index (χ1) is 11.8. The molecule has 1 aliphatic carbocycles. The molecule has 0 radical (unpaired) electrons. The van der Waals surface area contributed by atoms with E-state index in [0.29, 0.717) is 11.3 Å². The Bertz CT molecular complexity index is 547. The summed E-state index contributed by atoms with van der Waals surface area (Å²) in [5.41, 5.74) is 0.314. The van der Waals surface area contributed by atoms with E-state index in [-0.39, 0.29) is 5.91 Å². The standard InChI is InChI=1S/C19H27NO3S/c21-18(17-2-1-11-24-17)20-8-5-19(6-9-20)7-10-22-13-16(19)14-23-12-15-3-4-15/h1-2,11,15-16H,3-10,12-14H2. The Labute approximate surface area is 148 Å². The molecule has 1 spiro atoms. The van der Waals surface area contributed by atoms with E-state index in [1.165, 1.54) is 12.8 Å². The average Bonchev–Trinajstić information content (AvgIpc) is 3.27. The molecule has 0 aromatic carbocycles. The first-order valence-corrected chi connectivity index (χ1v) is 10.1. The minimum Gasteiger partial charge on any atom is -0.381 e. The van der Waals surface area contributed by atoms with E-state index in [1.54, 1.807) is 11.3 Å². The lowest BCUT2D eigenvalue weighted by Crippen LogP contribution is -2.50. The van der Waals surface area contributed by atoms with Crippen molar-refractivity contribution in [3.8, 4) is 0 Å². The van der Waals surface area contributed by atoms with Crippen LogP contribution in [0, 0.1) is 17.3 Å². The van der Waals surface area contributed by atoms with Crippen molar-refractivity contribution in [2.24, 2.45) is 17.3 Å². The van der Waals surface area contributed by atoms with E-state index in [4.69, 9.17) is 9.47 Å². The van der Waals surface area contributed by atoms with Gasteiger partial charge in [-0.2, -0.15) is 0 Å². The van der Waals surface area contributed by atoms with Gasteiger partial charge in [-0.25, -0.2) is 0 Å². The highest BCUT2D eigenvalue weighted by Crippen LogP contribution is 2.45. The van der Waals surface area contributed by atoms with Crippen molar-refractivity contribution in [3.63, 3.8) is 0 Å². The van der Waals surface area contributed by atoms with E-state index in [1.807, 2.05) is 22.4 Å². The van der Waals surface area contributed by atoms with Crippen LogP contribution in [0.1, 0.15) is 41.8 Å². The highest BCUT2D eigenvalue weighted by atomic mass is 32.1. The molecular formula is C19H27NO3S. The molecule has 132 valence electrons. The summed E-state index contributed by atoms with van der Waals surface area (Å²) in [6.07, 6.45) is 5.97. The second-order valence-corrected chi connectivity index (χ2v) is 8.58. The van der Waals surface area contributed by atoms with E-state index in [2.05, 4.69) is 0 Å². The number of likely N-dealkylation sites (tertiary alicyclic amines) is 1. The SMILES string of the molecule is O=C(c1cccs1)N1CCC2(CCOCC2COCC2CC2)CC1. The van der Waals surface area contributed by atoms with Gasteiger partial charge in [0.15, 0.2) is 0 Å². The van der Waals surface area contributed by atoms with E-state index >= 15 is 0 Å². The molecule has 4 nitrogen and oxygen atoms in total. The minimum atomic E-state index is 0.202. The number of nitrogens with zero attached hydrogens (tertiary/aromatic N) is 1. The molecule has 1 aromatic heterocycles. The van der Waals surface area contributed by atoms with Gasteiger partial charge in [0, 0.05) is 32.2 Å². The van der Waals surface area contributed by atoms with Crippen LogP contribution in [-0.2, 0) is 9.47 Å². The largest absolute Gasteiger partial charge is 0.381 e. The maximum atomic E-state index is 12.6. The van der Waals surface area contributed by atoms with E-state index in [9.17, 15) is 4.79 Å². The minimum absolute atomic E-state index is 0.202. The van der Waals surface area contributed by atoms with Gasteiger partial charge in [0.05, 0.1) is 18.1 Å². The van der Waals surface area contributed by atoms with Gasteiger partial charge in [-0.05, 0) is 54.9 Å². The first kappa shape index (κ1) is 16.6. The molecule has 0 N–H and O–H groups in total. The molecule has 1 amide bonds. The Morgan fingerprint density at radius 1 is 1.29 bits per heavy atom. The molecule has 3 aliphatic rings. The number of piperidine rings is 1. The summed E-state index contributed by atoms with van der Waals surface area (Å²) in [6, 6.07) is 3.88. The van der Waals surface area contributed by atoms with Gasteiger partial charge >= 0.3 is 0 Å². The lowest BCUT2D eigenvalue weighted by atomic mass is 9.66. The molecular weight excluding hydrogens is 322 g/mol. The number of carbonyl (C=O) groups is 1. The van der Waals surface area contributed by atoms with Crippen molar-refractivity contribution < 1.29 is 14.3 Å². The number of hydrogen-bond acceptors (Lipinski definition) is 4. The molecule has 1 aromatic rings. The summed E-state index contributed by atoms with van der Waals surface area (Å²) in [7, 11) is 0. The van der Waals surface area contributed by atoms with Gasteiger partial charge in [0.25, 0.3) is 5.91 Å². The maximum Gasteiger partial charge on any atom is 0.263 e. The molecule has 3 fully saturated rings. The van der Waals surface area contributed by atoms with Gasteiger partial charge in [0.1, 0.15) is 0 Å². The summed E-state index contributed by atoms with van der Waals surface area (Å²) < 4.78 is 11.8. The zero-order valence-corrected chi connectivity index (χ0v) is 15.1. The summed E-state index contributed by atoms with van der Waals surface area (Å²) in [6.45, 7) is 5.18. The zero-order chi connectivity index (χ0) is 16.4. The third-order valence-electron chi connectivity index (χ3n) is 6.08. The fraction of sp³-hybridized carbons (Fsp3) is 0.737. The van der Waals surface area contributed by atoms with Crippen LogP contribution in [0.25, 0.3) is 0 Å². The summed E-state index contributed by atoms with van der Waals surface area (Å²) in [4.78, 5) is 15.5. The Morgan fingerprint density at radius 2 is 2.12 bits per heavy atom. The first-order valence-electron chi connectivity index (χ1n) is 9.25. The molecule has 1 unspecified atom stereocenters. The van der Waals surface area contributed by atoms with Gasteiger partial charge in [-0.3, -0.25) is 4.79 Å². The monoisotopic (exact) mass is 349 g/mol. The van der Waals surface area contributed by atoms with Gasteiger partial charge in [0.2, 0.25) is 0 Å². The quantitative estimate of drug-likeness (QED) is 0.817. The van der Waals surface area contributed by atoms with Crippen LogP contribution >= 0.6 is 11.3 Å². The van der Waals surface area contributed by atoms with Crippen LogP contribution in [0.15, 0.2) is 17.5 Å². The van der Waals surface area contributed by atoms with Crippen molar-refractivity contribution in [2.75, 3.05) is 39.5 Å². The van der Waals surface area contributed by atoms with Crippen molar-refractivity contribution in [1.29, 1.82) is 0 Å². The van der Waals surface area contributed by atoms with Crippen LogP contribution in [0.2, 0.25) is 0 Å². The molecule has 0 bridgehead atoms. The second-order valence-electron chi connectivity index (χ2n) is 7.63. The number of thiophene rings is 1. The maximum absolute atomic E-state index is 12.6. The summed E-state index contributed by atoms with van der Waals surface area (Å²) in [5.74, 6) is 1.51. The van der Waals surface area contributed by atoms with Crippen LogP contribution in [0.5, 0.6) is 0 Å². The Kier molecular flexibility index (Phi) is 4.93. The predicted molar refractivity (Wildman–Crippen MR) is 94.4 cm³/mol. The smallest absolute Gasteiger partial charge is 0.263 e. The predicted octanol–water partition coefficient (Wildman–Crippen LogP) is 3.43. The molecule has 2 saturated heterocycles. The normalized spacial score (nSPS) is 26.7. The van der Waals surface area contributed by atoms with Crippen molar-refractivity contribution in [1.82, 2.24) is 4.90 Å². The lowest BCUT2D eigenvalue weighted by molar-refractivity contribution is -0.0975. The number of carbonyl (C=O) groups excluding carboxylic acids is 1. The molecule has 5 heteroatoms. The van der Waals surface area contributed by atoms with Gasteiger partial charge in [-0.1, -0.05) is 6.07 Å². The Hall–Kier alpha value is -0.910. The lowest BCUT2D eigenvalue weighted by Gasteiger charge is -2.49. The third-order valence-corrected chi connectivity index (χ3v) is 6.94. The number of ether oxygens (including phenoxy) is 2. The highest BCUT2D eigenvalue weighted by Gasteiger charge is 2.44. The zero-order valence-electron chi connectivity index (χ0n) is 14.2. The second kappa shape index (κ2) is 7.14. The van der Waals surface area contributed by atoms with Crippen LogP contribution in [-0.4, -0.2) is 50.3 Å². The topological polar surface area (TPSA) is 38.8 Å². The number of rotatable bonds is 5. The highest BCUT2D eigenvalue weighted by molar-refractivity contribution is 7.12. The van der Waals surface area contributed by atoms with E-state index in [0.717, 1.165) is 69.6 Å². The number of hydrogen-bond donors (Lipinski definition) is 0. The van der Waals surface area contributed by atoms with E-state index < -0.39 is 0 Å². The third kappa shape index (κ3) is 3.53. The van der Waals surface area contributed by atoms with Crippen LogP contribution < -0.4 is 0 Å².